The van der Waals surface area contributed by atoms with Gasteiger partial charge in [-0.15, -0.1) is 0 Å². The third-order valence-electron chi connectivity index (χ3n) is 2.87. The monoisotopic (exact) mass is 306 g/mol. The molecule has 1 aromatic heterocycles. The van der Waals surface area contributed by atoms with Crippen molar-refractivity contribution in [1.82, 2.24) is 4.98 Å². The number of hydrogen-bond donors (Lipinski definition) is 1. The van der Waals surface area contributed by atoms with E-state index in [1.165, 1.54) is 49.7 Å². The summed E-state index contributed by atoms with van der Waals surface area (Å²) in [6, 6.07) is 8.21. The first-order valence-electron chi connectivity index (χ1n) is 6.25. The Morgan fingerprint density at radius 1 is 1.18 bits per heavy atom. The lowest BCUT2D eigenvalue weighted by molar-refractivity contribution is 0.0600. The second-order valence-corrected chi connectivity index (χ2v) is 4.27. The van der Waals surface area contributed by atoms with Gasteiger partial charge in [-0.25, -0.2) is 18.6 Å². The molecule has 0 aliphatic carbocycles. The van der Waals surface area contributed by atoms with Gasteiger partial charge in [0.1, 0.15) is 5.82 Å². The largest absolute Gasteiger partial charge is 0.465 e. The quantitative estimate of drug-likeness (QED) is 0.882. The van der Waals surface area contributed by atoms with E-state index in [1.54, 1.807) is 0 Å². The van der Waals surface area contributed by atoms with Gasteiger partial charge in [-0.1, -0.05) is 18.2 Å². The van der Waals surface area contributed by atoms with Crippen LogP contribution in [-0.2, 0) is 4.74 Å². The summed E-state index contributed by atoms with van der Waals surface area (Å²) in [5.41, 5.74) is -0.268. The Morgan fingerprint density at radius 3 is 2.50 bits per heavy atom. The molecule has 0 saturated carbocycles. The molecule has 5 nitrogen and oxygen atoms in total. The van der Waals surface area contributed by atoms with Crippen LogP contribution in [0.4, 0.5) is 14.6 Å². The van der Waals surface area contributed by atoms with Crippen LogP contribution < -0.4 is 5.32 Å². The van der Waals surface area contributed by atoms with Crippen molar-refractivity contribution in [3.05, 3.63) is 59.3 Å². The molecule has 0 saturated heterocycles. The topological polar surface area (TPSA) is 68.3 Å². The summed E-state index contributed by atoms with van der Waals surface area (Å²) in [6.45, 7) is 0. The summed E-state index contributed by atoms with van der Waals surface area (Å²) < 4.78 is 30.2. The smallest absolute Gasteiger partial charge is 0.339 e. The molecule has 0 atom stereocenters. The van der Waals surface area contributed by atoms with Gasteiger partial charge in [0, 0.05) is 17.3 Å². The second-order valence-electron chi connectivity index (χ2n) is 4.27. The molecular formula is C15H12F2N2O3. The van der Waals surface area contributed by atoms with Gasteiger partial charge in [-0.05, 0) is 18.2 Å². The number of aromatic nitrogens is 1. The number of carbonyl (C=O) groups excluding carboxylic acids is 2. The van der Waals surface area contributed by atoms with Crippen molar-refractivity contribution >= 4 is 17.7 Å². The predicted molar refractivity (Wildman–Crippen MR) is 74.9 cm³/mol. The van der Waals surface area contributed by atoms with E-state index < -0.39 is 18.3 Å². The maximum atomic E-state index is 12.9. The number of anilines is 1. The highest BCUT2D eigenvalue weighted by atomic mass is 19.3. The van der Waals surface area contributed by atoms with Crippen LogP contribution >= 0.6 is 0 Å². The average molecular weight is 306 g/mol. The van der Waals surface area contributed by atoms with Crippen LogP contribution in [0.25, 0.3) is 0 Å². The van der Waals surface area contributed by atoms with Gasteiger partial charge in [0.25, 0.3) is 12.3 Å². The molecule has 0 spiro atoms. The molecule has 1 amide bonds. The van der Waals surface area contributed by atoms with E-state index in [1.807, 2.05) is 0 Å². The van der Waals surface area contributed by atoms with E-state index >= 15 is 0 Å². The van der Waals surface area contributed by atoms with Crippen molar-refractivity contribution in [2.24, 2.45) is 0 Å². The minimum Gasteiger partial charge on any atom is -0.465 e. The first-order valence-corrected chi connectivity index (χ1v) is 6.25. The zero-order chi connectivity index (χ0) is 16.1. The number of pyridine rings is 1. The van der Waals surface area contributed by atoms with Crippen LogP contribution in [0, 0.1) is 0 Å². The van der Waals surface area contributed by atoms with Gasteiger partial charge < -0.3 is 10.1 Å². The van der Waals surface area contributed by atoms with Gasteiger partial charge >= 0.3 is 5.97 Å². The molecule has 0 aliphatic heterocycles. The average Bonchev–Trinajstić information content (AvgIpc) is 2.54. The minimum atomic E-state index is -2.75. The van der Waals surface area contributed by atoms with Crippen LogP contribution in [0.15, 0.2) is 42.6 Å². The lowest BCUT2D eigenvalue weighted by atomic mass is 10.1. The van der Waals surface area contributed by atoms with Crippen LogP contribution in [-0.4, -0.2) is 24.0 Å². The molecule has 0 bridgehead atoms. The zero-order valence-corrected chi connectivity index (χ0v) is 11.5. The summed E-state index contributed by atoms with van der Waals surface area (Å²) in [4.78, 5) is 27.2. The number of rotatable bonds is 4. The summed E-state index contributed by atoms with van der Waals surface area (Å²) in [5, 5.41) is 2.40. The Morgan fingerprint density at radius 2 is 1.91 bits per heavy atom. The first kappa shape index (κ1) is 15.6. The number of esters is 1. The molecule has 0 unspecified atom stereocenters. The fourth-order valence-electron chi connectivity index (χ4n) is 1.78. The summed E-state index contributed by atoms with van der Waals surface area (Å²) in [5.74, 6) is -1.12. The molecule has 0 aliphatic rings. The molecule has 114 valence electrons. The van der Waals surface area contributed by atoms with Gasteiger partial charge in [-0.2, -0.15) is 0 Å². The minimum absolute atomic E-state index is 0.128. The Hall–Kier alpha value is -2.83. The van der Waals surface area contributed by atoms with E-state index in [0.29, 0.717) is 0 Å². The molecule has 0 fully saturated rings. The normalized spacial score (nSPS) is 10.4. The lowest BCUT2D eigenvalue weighted by Crippen LogP contribution is -2.15. The molecule has 2 aromatic rings. The number of alkyl halides is 2. The van der Waals surface area contributed by atoms with Crippen LogP contribution in [0.3, 0.4) is 0 Å². The Kier molecular flexibility index (Phi) is 4.77. The maximum absolute atomic E-state index is 12.9. The SMILES string of the molecule is COC(=O)c1ccc(NC(=O)c2ccccc2C(F)F)nc1. The molecule has 22 heavy (non-hydrogen) atoms. The molecule has 1 N–H and O–H groups in total. The number of amides is 1. The fraction of sp³-hybridized carbons (Fsp3) is 0.133. The van der Waals surface area contributed by atoms with Crippen molar-refractivity contribution in [2.75, 3.05) is 12.4 Å². The highest BCUT2D eigenvalue weighted by Crippen LogP contribution is 2.23. The third kappa shape index (κ3) is 3.43. The molecule has 2 rings (SSSR count). The molecular weight excluding hydrogens is 294 g/mol. The van der Waals surface area contributed by atoms with Crippen molar-refractivity contribution in [3.63, 3.8) is 0 Å². The molecule has 7 heteroatoms. The highest BCUT2D eigenvalue weighted by Gasteiger charge is 2.18. The number of hydrogen-bond acceptors (Lipinski definition) is 4. The van der Waals surface area contributed by atoms with E-state index in [0.717, 1.165) is 0 Å². The third-order valence-corrected chi connectivity index (χ3v) is 2.87. The number of ether oxygens (including phenoxy) is 1. The van der Waals surface area contributed by atoms with Crippen LogP contribution in [0.5, 0.6) is 0 Å². The summed E-state index contributed by atoms with van der Waals surface area (Å²) >= 11 is 0. The zero-order valence-electron chi connectivity index (χ0n) is 11.5. The van der Waals surface area contributed by atoms with E-state index in [9.17, 15) is 18.4 Å². The summed E-state index contributed by atoms with van der Waals surface area (Å²) in [6.07, 6.45) is -1.53. The highest BCUT2D eigenvalue weighted by molar-refractivity contribution is 6.05. The Balaban J connectivity index is 2.17. The van der Waals surface area contributed by atoms with E-state index in [-0.39, 0.29) is 22.5 Å². The predicted octanol–water partition coefficient (Wildman–Crippen LogP) is 3.06. The van der Waals surface area contributed by atoms with E-state index in [2.05, 4.69) is 15.0 Å². The summed E-state index contributed by atoms with van der Waals surface area (Å²) in [7, 11) is 1.24. The van der Waals surface area contributed by atoms with Crippen molar-refractivity contribution < 1.29 is 23.1 Å². The Labute approximate surface area is 124 Å². The number of nitrogens with one attached hydrogen (secondary N) is 1. The number of halogens is 2. The van der Waals surface area contributed by atoms with Gasteiger partial charge in [0.15, 0.2) is 0 Å². The van der Waals surface area contributed by atoms with Crippen molar-refractivity contribution in [3.8, 4) is 0 Å². The standard InChI is InChI=1S/C15H12F2N2O3/c1-22-15(21)9-6-7-12(18-8-9)19-14(20)11-5-3-2-4-10(11)13(16)17/h2-8,13H,1H3,(H,18,19,20). The van der Waals surface area contributed by atoms with Crippen molar-refractivity contribution in [1.29, 1.82) is 0 Å². The molecule has 1 heterocycles. The van der Waals surface area contributed by atoms with E-state index in [4.69, 9.17) is 0 Å². The van der Waals surface area contributed by atoms with Crippen LogP contribution in [0.1, 0.15) is 32.7 Å². The molecule has 0 radical (unpaired) electrons. The Bertz CT molecular complexity index is 687. The van der Waals surface area contributed by atoms with Crippen LogP contribution in [0.2, 0.25) is 0 Å². The molecule has 1 aromatic carbocycles. The first-order chi connectivity index (χ1) is 10.5. The fourth-order valence-corrected chi connectivity index (χ4v) is 1.78. The maximum Gasteiger partial charge on any atom is 0.339 e. The van der Waals surface area contributed by atoms with Crippen molar-refractivity contribution in [2.45, 2.75) is 6.43 Å². The second kappa shape index (κ2) is 6.75. The number of carbonyl (C=O) groups is 2. The number of benzene rings is 1. The number of methoxy groups -OCH3 is 1. The van der Waals surface area contributed by atoms with Gasteiger partial charge in [0.2, 0.25) is 0 Å². The number of nitrogens with zero attached hydrogens (tertiary/aromatic N) is 1. The lowest BCUT2D eigenvalue weighted by Gasteiger charge is -2.09. The van der Waals surface area contributed by atoms with Gasteiger partial charge in [0.05, 0.1) is 12.7 Å². The van der Waals surface area contributed by atoms with Gasteiger partial charge in [-0.3, -0.25) is 4.79 Å².